The monoisotopic (exact) mass is 499 g/mol. The third-order valence-corrected chi connectivity index (χ3v) is 7.95. The van der Waals surface area contributed by atoms with E-state index in [1.54, 1.807) is 11.1 Å². The Balaban J connectivity index is 1.27. The van der Waals surface area contributed by atoms with Crippen LogP contribution in [0.3, 0.4) is 0 Å². The molecule has 182 valence electrons. The van der Waals surface area contributed by atoms with E-state index in [9.17, 15) is 18.3 Å². The highest BCUT2D eigenvalue weighted by Gasteiger charge is 2.39. The van der Waals surface area contributed by atoms with E-state index in [2.05, 4.69) is 20.3 Å². The number of hydrogen-bond acceptors (Lipinski definition) is 6. The third kappa shape index (κ3) is 4.24. The fraction of sp³-hybridized carbons (Fsp3) is 0.360. The molecule has 4 aromatic rings. The summed E-state index contributed by atoms with van der Waals surface area (Å²) in [4.78, 5) is 14.2. The summed E-state index contributed by atoms with van der Waals surface area (Å²) < 4.78 is 42.3. The molecule has 0 spiro atoms. The maximum atomic E-state index is 14.9. The van der Waals surface area contributed by atoms with E-state index in [1.807, 2.05) is 30.3 Å². The highest BCUT2D eigenvalue weighted by molar-refractivity contribution is 7.15. The van der Waals surface area contributed by atoms with Crippen LogP contribution in [0.15, 0.2) is 42.7 Å². The number of fused-ring (bicyclic) bond motifs is 1. The van der Waals surface area contributed by atoms with E-state index in [4.69, 9.17) is 0 Å². The molecule has 2 aliphatic rings. The fourth-order valence-corrected chi connectivity index (χ4v) is 5.87. The maximum absolute atomic E-state index is 14.9. The number of nitrogens with zero attached hydrogens (tertiary/aromatic N) is 3. The van der Waals surface area contributed by atoms with Gasteiger partial charge in [-0.2, -0.15) is 0 Å². The number of halogens is 3. The van der Waals surface area contributed by atoms with Crippen LogP contribution in [0, 0.1) is 5.82 Å². The minimum atomic E-state index is -2.62. The lowest BCUT2D eigenvalue weighted by Gasteiger charge is -2.35. The van der Waals surface area contributed by atoms with Gasteiger partial charge in [0, 0.05) is 48.9 Å². The lowest BCUT2D eigenvalue weighted by atomic mass is 9.99. The van der Waals surface area contributed by atoms with Gasteiger partial charge < -0.3 is 15.4 Å². The van der Waals surface area contributed by atoms with Crippen molar-refractivity contribution in [2.24, 2.45) is 0 Å². The Kier molecular flexibility index (Phi) is 5.44. The topological polar surface area (TPSA) is 77.1 Å². The Morgan fingerprint density at radius 2 is 1.91 bits per heavy atom. The molecule has 6 rings (SSSR count). The molecule has 2 saturated heterocycles. The molecule has 0 radical (unpaired) electrons. The molecule has 0 atom stereocenters. The van der Waals surface area contributed by atoms with Crippen LogP contribution in [0.25, 0.3) is 32.7 Å². The first-order chi connectivity index (χ1) is 16.8. The van der Waals surface area contributed by atoms with Crippen molar-refractivity contribution in [3.05, 3.63) is 59.1 Å². The van der Waals surface area contributed by atoms with E-state index >= 15 is 0 Å². The Bertz CT molecular complexity index is 1380. The Morgan fingerprint density at radius 3 is 2.63 bits per heavy atom. The number of aliphatic hydroxyl groups is 1. The van der Waals surface area contributed by atoms with Gasteiger partial charge in [0.05, 0.1) is 17.6 Å². The summed E-state index contributed by atoms with van der Waals surface area (Å²) in [6.45, 7) is 1.81. The van der Waals surface area contributed by atoms with Crippen molar-refractivity contribution >= 4 is 22.4 Å². The number of likely N-dealkylation sites (tertiary alicyclic amines) is 1. The number of rotatable bonds is 5. The number of nitrogens with one attached hydrogen (secondary N) is 2. The molecule has 0 aliphatic carbocycles. The first-order valence-electron chi connectivity index (χ1n) is 11.6. The van der Waals surface area contributed by atoms with Crippen molar-refractivity contribution in [3.63, 3.8) is 0 Å². The van der Waals surface area contributed by atoms with Crippen molar-refractivity contribution in [1.82, 2.24) is 25.2 Å². The molecule has 2 aliphatic heterocycles. The van der Waals surface area contributed by atoms with E-state index < -0.39 is 17.3 Å². The maximum Gasteiger partial charge on any atom is 0.260 e. The molecule has 3 N–H and O–H groups in total. The van der Waals surface area contributed by atoms with Crippen LogP contribution in [0.2, 0.25) is 0 Å². The predicted octanol–water partition coefficient (Wildman–Crippen LogP) is 4.51. The van der Waals surface area contributed by atoms with Crippen molar-refractivity contribution in [1.29, 1.82) is 0 Å². The summed E-state index contributed by atoms with van der Waals surface area (Å²) in [5.74, 6) is -3.07. The number of aromatic nitrogens is 3. The van der Waals surface area contributed by atoms with E-state index in [-0.39, 0.29) is 13.0 Å². The molecule has 0 unspecified atom stereocenters. The number of thiazole rings is 1. The Hall–Kier alpha value is -2.79. The van der Waals surface area contributed by atoms with Crippen LogP contribution in [0.1, 0.15) is 23.4 Å². The number of piperidine rings is 1. The molecule has 6 nitrogen and oxygen atoms in total. The molecule has 0 saturated carbocycles. The number of benzene rings is 1. The predicted molar refractivity (Wildman–Crippen MR) is 129 cm³/mol. The lowest BCUT2D eigenvalue weighted by molar-refractivity contribution is -0.0661. The third-order valence-electron chi connectivity index (χ3n) is 6.74. The van der Waals surface area contributed by atoms with Gasteiger partial charge in [0.25, 0.3) is 5.92 Å². The molecule has 35 heavy (non-hydrogen) atoms. The molecule has 5 heterocycles. The van der Waals surface area contributed by atoms with Gasteiger partial charge in [-0.1, -0.05) is 24.3 Å². The van der Waals surface area contributed by atoms with Gasteiger partial charge in [-0.25, -0.2) is 23.1 Å². The molecular formula is C25H24F3N5OS. The second-order valence-electron chi connectivity index (χ2n) is 9.46. The van der Waals surface area contributed by atoms with Crippen LogP contribution in [0.5, 0.6) is 0 Å². The summed E-state index contributed by atoms with van der Waals surface area (Å²) in [7, 11) is 0. The average Bonchev–Trinajstić information content (AvgIpc) is 3.45. The normalized spacial score (nSPS) is 19.7. The van der Waals surface area contributed by atoms with E-state index in [0.717, 1.165) is 16.8 Å². The van der Waals surface area contributed by atoms with Crippen LogP contribution < -0.4 is 5.32 Å². The highest BCUT2D eigenvalue weighted by atomic mass is 32.1. The number of H-pyrrole nitrogens is 1. The Labute approximate surface area is 203 Å². The van der Waals surface area contributed by atoms with E-state index in [0.29, 0.717) is 59.1 Å². The fourth-order valence-electron chi connectivity index (χ4n) is 4.80. The number of hydrogen-bond donors (Lipinski definition) is 3. The molecular weight excluding hydrogens is 475 g/mol. The number of pyridine rings is 1. The number of alkyl halides is 2. The SMILES string of the molecule is OC1(c2ncc(-c3c(F)cnc4[nH]c(-c5ccc(CN6CCCC(F)(F)C6)cc5)cc34)s2)CNC1. The van der Waals surface area contributed by atoms with Gasteiger partial charge in [-0.15, -0.1) is 11.3 Å². The lowest BCUT2D eigenvalue weighted by Crippen LogP contribution is -2.56. The number of β-amino-alcohol motifs (C(OH)–C–C–N with tert-alkyl or cyclic N) is 1. The molecule has 0 bridgehead atoms. The summed E-state index contributed by atoms with van der Waals surface area (Å²) in [5.41, 5.74) is 2.59. The van der Waals surface area contributed by atoms with Crippen molar-refractivity contribution in [3.8, 4) is 21.7 Å². The smallest absolute Gasteiger partial charge is 0.260 e. The Morgan fingerprint density at radius 1 is 1.11 bits per heavy atom. The first-order valence-corrected chi connectivity index (χ1v) is 12.4. The molecule has 3 aromatic heterocycles. The first kappa shape index (κ1) is 22.7. The molecule has 10 heteroatoms. The minimum absolute atomic E-state index is 0.0413. The minimum Gasteiger partial charge on any atom is -0.380 e. The average molecular weight is 500 g/mol. The van der Waals surface area contributed by atoms with Crippen LogP contribution >= 0.6 is 11.3 Å². The summed E-state index contributed by atoms with van der Waals surface area (Å²) >= 11 is 1.28. The molecule has 1 aromatic carbocycles. The van der Waals surface area contributed by atoms with Gasteiger partial charge in [0.2, 0.25) is 0 Å². The summed E-state index contributed by atoms with van der Waals surface area (Å²) in [6.07, 6.45) is 3.25. The zero-order valence-electron chi connectivity index (χ0n) is 18.8. The van der Waals surface area contributed by atoms with Gasteiger partial charge in [-0.3, -0.25) is 4.90 Å². The quantitative estimate of drug-likeness (QED) is 0.377. The summed E-state index contributed by atoms with van der Waals surface area (Å²) in [5, 5.41) is 14.8. The summed E-state index contributed by atoms with van der Waals surface area (Å²) in [6, 6.07) is 9.60. The zero-order valence-corrected chi connectivity index (χ0v) is 19.6. The van der Waals surface area contributed by atoms with Crippen molar-refractivity contribution < 1.29 is 18.3 Å². The number of aromatic amines is 1. The second kappa shape index (κ2) is 8.41. The molecule has 0 amide bonds. The van der Waals surface area contributed by atoms with Crippen LogP contribution in [-0.2, 0) is 12.1 Å². The van der Waals surface area contributed by atoms with Gasteiger partial charge in [0.15, 0.2) is 5.82 Å². The highest BCUT2D eigenvalue weighted by Crippen LogP contribution is 2.39. The van der Waals surface area contributed by atoms with Crippen molar-refractivity contribution in [2.45, 2.75) is 30.9 Å². The van der Waals surface area contributed by atoms with Crippen LogP contribution in [-0.4, -0.2) is 57.1 Å². The molecule has 2 fully saturated rings. The van der Waals surface area contributed by atoms with Crippen LogP contribution in [0.4, 0.5) is 13.2 Å². The standard InChI is InChI=1S/C25H24F3N5OS/c26-18-9-30-22-17(21(18)20-10-31-23(35-20)24(34)12-29-13-24)8-19(32-22)16-4-2-15(3-5-16)11-33-7-1-6-25(27,28)14-33/h2-5,8-10,29,34H,1,6-7,11-14H2,(H,30,32). The van der Waals surface area contributed by atoms with Gasteiger partial charge in [0.1, 0.15) is 16.3 Å². The van der Waals surface area contributed by atoms with E-state index in [1.165, 1.54) is 17.5 Å². The second-order valence-corrected chi connectivity index (χ2v) is 10.5. The van der Waals surface area contributed by atoms with Gasteiger partial charge in [-0.05, 0) is 30.2 Å². The zero-order chi connectivity index (χ0) is 24.2. The van der Waals surface area contributed by atoms with Gasteiger partial charge >= 0.3 is 0 Å². The largest absolute Gasteiger partial charge is 0.380 e. The van der Waals surface area contributed by atoms with Crippen molar-refractivity contribution in [2.75, 3.05) is 26.2 Å².